The first-order chi connectivity index (χ1) is 11.9. The summed E-state index contributed by atoms with van der Waals surface area (Å²) in [5.41, 5.74) is 0.888. The molecular formula is C17H21F2N3O2S. The van der Waals surface area contributed by atoms with Crippen LogP contribution in [0.2, 0.25) is 0 Å². The Bertz CT molecular complexity index is 804. The number of halogens is 2. The smallest absolute Gasteiger partial charge is 0.257 e. The minimum absolute atomic E-state index is 0.0448. The number of alkyl halides is 2. The maximum atomic E-state index is 13.1. The zero-order valence-electron chi connectivity index (χ0n) is 13.9. The van der Waals surface area contributed by atoms with Crippen molar-refractivity contribution in [2.24, 2.45) is 5.92 Å². The van der Waals surface area contributed by atoms with Gasteiger partial charge in [-0.1, -0.05) is 30.3 Å². The van der Waals surface area contributed by atoms with Gasteiger partial charge in [-0.2, -0.15) is 9.40 Å². The van der Waals surface area contributed by atoms with Gasteiger partial charge in [0.1, 0.15) is 11.4 Å². The van der Waals surface area contributed by atoms with E-state index >= 15 is 0 Å². The van der Waals surface area contributed by atoms with Crippen molar-refractivity contribution in [1.29, 1.82) is 0 Å². The minimum Gasteiger partial charge on any atom is -0.266 e. The lowest BCUT2D eigenvalue weighted by atomic mass is 10.2. The van der Waals surface area contributed by atoms with Crippen molar-refractivity contribution in [2.75, 3.05) is 0 Å². The Morgan fingerprint density at radius 1 is 1.28 bits per heavy atom. The third-order valence-electron chi connectivity index (χ3n) is 4.48. The fourth-order valence-corrected chi connectivity index (χ4v) is 4.51. The maximum Gasteiger partial charge on any atom is 0.257 e. The minimum atomic E-state index is -3.81. The van der Waals surface area contributed by atoms with Crippen molar-refractivity contribution < 1.29 is 17.2 Å². The van der Waals surface area contributed by atoms with Crippen LogP contribution in [0.15, 0.2) is 47.6 Å². The average molecular weight is 369 g/mol. The zero-order chi connectivity index (χ0) is 18.0. The van der Waals surface area contributed by atoms with Crippen LogP contribution in [0.5, 0.6) is 0 Å². The molecule has 0 radical (unpaired) electrons. The van der Waals surface area contributed by atoms with E-state index in [2.05, 4.69) is 5.10 Å². The van der Waals surface area contributed by atoms with E-state index in [1.807, 2.05) is 37.3 Å². The Morgan fingerprint density at radius 2 is 1.96 bits per heavy atom. The molecule has 1 heterocycles. The molecule has 1 saturated carbocycles. The van der Waals surface area contributed by atoms with Crippen LogP contribution in [0.3, 0.4) is 0 Å². The van der Waals surface area contributed by atoms with Gasteiger partial charge in [0.25, 0.3) is 6.43 Å². The van der Waals surface area contributed by atoms with Crippen LogP contribution in [-0.4, -0.2) is 35.0 Å². The van der Waals surface area contributed by atoms with Crippen LogP contribution >= 0.6 is 0 Å². The Labute approximate surface area is 146 Å². The first-order valence-corrected chi connectivity index (χ1v) is 9.68. The Morgan fingerprint density at radius 3 is 2.56 bits per heavy atom. The van der Waals surface area contributed by atoms with E-state index in [4.69, 9.17) is 0 Å². The normalized spacial score (nSPS) is 16.5. The highest BCUT2D eigenvalue weighted by molar-refractivity contribution is 7.89. The Balaban J connectivity index is 1.89. The molecule has 0 amide bonds. The summed E-state index contributed by atoms with van der Waals surface area (Å²) in [6, 6.07) is 9.21. The number of rotatable bonds is 8. The number of sulfonamides is 1. The van der Waals surface area contributed by atoms with Crippen LogP contribution in [0, 0.1) is 5.92 Å². The molecule has 0 bridgehead atoms. The van der Waals surface area contributed by atoms with E-state index < -0.39 is 23.0 Å². The molecule has 1 unspecified atom stereocenters. The van der Waals surface area contributed by atoms with Gasteiger partial charge in [0.2, 0.25) is 10.0 Å². The second-order valence-corrected chi connectivity index (χ2v) is 8.29. The van der Waals surface area contributed by atoms with Crippen LogP contribution < -0.4 is 0 Å². The predicted octanol–water partition coefficient (Wildman–Crippen LogP) is 3.14. The molecular weight excluding hydrogens is 348 g/mol. The highest BCUT2D eigenvalue weighted by Crippen LogP contribution is 2.37. The monoisotopic (exact) mass is 369 g/mol. The van der Waals surface area contributed by atoms with E-state index in [0.29, 0.717) is 5.92 Å². The largest absolute Gasteiger partial charge is 0.266 e. The van der Waals surface area contributed by atoms with Gasteiger partial charge in [-0.3, -0.25) is 4.68 Å². The molecule has 1 fully saturated rings. The van der Waals surface area contributed by atoms with Crippen molar-refractivity contribution in [1.82, 2.24) is 14.1 Å². The molecule has 1 aromatic heterocycles. The summed E-state index contributed by atoms with van der Waals surface area (Å²) in [5, 5.41) is 3.76. The lowest BCUT2D eigenvalue weighted by Gasteiger charge is -2.28. The summed E-state index contributed by atoms with van der Waals surface area (Å²) in [4.78, 5) is -0.0448. The van der Waals surface area contributed by atoms with Gasteiger partial charge in [0, 0.05) is 18.8 Å². The number of hydrogen-bond acceptors (Lipinski definition) is 3. The molecule has 8 heteroatoms. The van der Waals surface area contributed by atoms with Crippen molar-refractivity contribution in [2.45, 2.75) is 50.2 Å². The quantitative estimate of drug-likeness (QED) is 0.718. The molecule has 2 aromatic rings. The lowest BCUT2D eigenvalue weighted by Crippen LogP contribution is -2.39. The standard InChI is InChI=1S/C17H21F2N3O2S/c1-13(15-7-8-15)22(10-14-5-3-2-4-6-14)25(23,24)16-9-20-21(11-16)12-17(18)19/h2-6,9,11,13,15,17H,7-8,10,12H2,1H3. The summed E-state index contributed by atoms with van der Waals surface area (Å²) in [6.45, 7) is 1.54. The van der Waals surface area contributed by atoms with Crippen molar-refractivity contribution in [3.05, 3.63) is 48.3 Å². The lowest BCUT2D eigenvalue weighted by molar-refractivity contribution is 0.121. The topological polar surface area (TPSA) is 55.2 Å². The first kappa shape index (κ1) is 18.0. The third kappa shape index (κ3) is 4.24. The first-order valence-electron chi connectivity index (χ1n) is 8.24. The van der Waals surface area contributed by atoms with Gasteiger partial charge < -0.3 is 0 Å². The summed E-state index contributed by atoms with van der Waals surface area (Å²) in [7, 11) is -3.81. The van der Waals surface area contributed by atoms with E-state index in [9.17, 15) is 17.2 Å². The summed E-state index contributed by atoms with van der Waals surface area (Å²) in [6.07, 6.45) is 1.76. The molecule has 1 aromatic carbocycles. The second kappa shape index (κ2) is 7.21. The molecule has 3 rings (SSSR count). The molecule has 0 saturated heterocycles. The van der Waals surface area contributed by atoms with E-state index in [0.717, 1.165) is 29.3 Å². The molecule has 1 aliphatic rings. The van der Waals surface area contributed by atoms with E-state index in [1.54, 1.807) is 0 Å². The SMILES string of the molecule is CC(C1CC1)N(Cc1ccccc1)S(=O)(=O)c1cnn(CC(F)F)c1. The third-order valence-corrected chi connectivity index (χ3v) is 6.37. The molecule has 0 aliphatic heterocycles. The van der Waals surface area contributed by atoms with E-state index in [1.165, 1.54) is 10.5 Å². The molecule has 1 aliphatic carbocycles. The molecule has 5 nitrogen and oxygen atoms in total. The summed E-state index contributed by atoms with van der Waals surface area (Å²) >= 11 is 0. The highest BCUT2D eigenvalue weighted by Gasteiger charge is 2.38. The molecule has 1 atom stereocenters. The number of aromatic nitrogens is 2. The molecule has 136 valence electrons. The van der Waals surface area contributed by atoms with Gasteiger partial charge >= 0.3 is 0 Å². The fraction of sp³-hybridized carbons (Fsp3) is 0.471. The van der Waals surface area contributed by atoms with Gasteiger partial charge in [0.15, 0.2) is 0 Å². The Hall–Kier alpha value is -1.80. The number of hydrogen-bond donors (Lipinski definition) is 0. The number of nitrogens with zero attached hydrogens (tertiary/aromatic N) is 3. The molecule has 25 heavy (non-hydrogen) atoms. The fourth-order valence-electron chi connectivity index (χ4n) is 2.88. The van der Waals surface area contributed by atoms with Gasteiger partial charge in [-0.05, 0) is 31.2 Å². The maximum absolute atomic E-state index is 13.1. The van der Waals surface area contributed by atoms with Crippen LogP contribution in [0.25, 0.3) is 0 Å². The van der Waals surface area contributed by atoms with Crippen LogP contribution in [-0.2, 0) is 23.1 Å². The van der Waals surface area contributed by atoms with E-state index in [-0.39, 0.29) is 17.5 Å². The zero-order valence-corrected chi connectivity index (χ0v) is 14.7. The van der Waals surface area contributed by atoms with Gasteiger partial charge in [0.05, 0.1) is 6.20 Å². The van der Waals surface area contributed by atoms with Gasteiger partial charge in [-0.15, -0.1) is 0 Å². The van der Waals surface area contributed by atoms with Crippen molar-refractivity contribution in [3.8, 4) is 0 Å². The summed E-state index contributed by atoms with van der Waals surface area (Å²) in [5.74, 6) is 0.342. The highest BCUT2D eigenvalue weighted by atomic mass is 32.2. The van der Waals surface area contributed by atoms with Crippen LogP contribution in [0.1, 0.15) is 25.3 Å². The molecule has 0 spiro atoms. The average Bonchev–Trinajstić information content (AvgIpc) is 3.32. The number of benzene rings is 1. The predicted molar refractivity (Wildman–Crippen MR) is 89.6 cm³/mol. The van der Waals surface area contributed by atoms with Crippen molar-refractivity contribution >= 4 is 10.0 Å². The van der Waals surface area contributed by atoms with Crippen molar-refractivity contribution in [3.63, 3.8) is 0 Å². The molecule has 0 N–H and O–H groups in total. The summed E-state index contributed by atoms with van der Waals surface area (Å²) < 4.78 is 53.6. The Kier molecular flexibility index (Phi) is 5.19. The van der Waals surface area contributed by atoms with Gasteiger partial charge in [-0.25, -0.2) is 17.2 Å². The van der Waals surface area contributed by atoms with Crippen LogP contribution in [0.4, 0.5) is 8.78 Å². The second-order valence-electron chi connectivity index (χ2n) is 6.40.